The molecule has 1 aliphatic carbocycles. The number of nitrogens with zero attached hydrogens (tertiary/aromatic N) is 3. The summed E-state index contributed by atoms with van der Waals surface area (Å²) in [5.41, 5.74) is 11.0. The van der Waals surface area contributed by atoms with Crippen LogP contribution in [0.25, 0.3) is 76.6 Å². The van der Waals surface area contributed by atoms with Crippen molar-refractivity contribution in [2.75, 3.05) is 0 Å². The van der Waals surface area contributed by atoms with Crippen molar-refractivity contribution in [2.24, 2.45) is 0 Å². The number of aromatic nitrogens is 3. The van der Waals surface area contributed by atoms with Crippen LogP contribution < -0.4 is 9.47 Å². The van der Waals surface area contributed by atoms with Gasteiger partial charge in [-0.05, 0) is 69.3 Å². The highest BCUT2D eigenvalue weighted by atomic mass is 32.1. The third-order valence-electron chi connectivity index (χ3n) is 12.7. The Labute approximate surface area is 373 Å². The predicted molar refractivity (Wildman–Crippen MR) is 258 cm³/mol. The molecule has 3 heterocycles. The average Bonchev–Trinajstić information content (AvgIpc) is 3.88. The van der Waals surface area contributed by atoms with Crippen LogP contribution >= 0.6 is 11.3 Å². The van der Waals surface area contributed by atoms with E-state index < -0.39 is 5.41 Å². The van der Waals surface area contributed by atoms with Gasteiger partial charge in [0.2, 0.25) is 0 Å². The van der Waals surface area contributed by atoms with Gasteiger partial charge in [0.05, 0.1) is 5.41 Å². The molecule has 0 saturated carbocycles. The fourth-order valence-corrected chi connectivity index (χ4v) is 11.0. The van der Waals surface area contributed by atoms with Crippen molar-refractivity contribution in [3.8, 4) is 79.4 Å². The highest BCUT2D eigenvalue weighted by molar-refractivity contribution is 7.25. The van der Waals surface area contributed by atoms with Gasteiger partial charge >= 0.3 is 0 Å². The molecule has 2 aromatic heterocycles. The van der Waals surface area contributed by atoms with E-state index in [4.69, 9.17) is 24.4 Å². The van der Waals surface area contributed by atoms with Crippen LogP contribution in [0.15, 0.2) is 212 Å². The minimum absolute atomic E-state index is 0.556. The lowest BCUT2D eigenvalue weighted by molar-refractivity contribution is 0.360. The van der Waals surface area contributed by atoms with Crippen molar-refractivity contribution in [1.29, 1.82) is 0 Å². The second kappa shape index (κ2) is 14.4. The summed E-state index contributed by atoms with van der Waals surface area (Å²) in [6.45, 7) is 0. The van der Waals surface area contributed by atoms with Crippen molar-refractivity contribution in [3.63, 3.8) is 0 Å². The first-order chi connectivity index (χ1) is 31.7. The Morgan fingerprint density at radius 1 is 0.344 bits per heavy atom. The molecule has 0 bridgehead atoms. The van der Waals surface area contributed by atoms with E-state index in [2.05, 4.69) is 158 Å². The molecule has 6 heteroatoms. The van der Waals surface area contributed by atoms with Gasteiger partial charge < -0.3 is 9.47 Å². The Balaban J connectivity index is 0.949. The fourth-order valence-electron chi connectivity index (χ4n) is 9.87. The molecule has 13 rings (SSSR count). The van der Waals surface area contributed by atoms with E-state index in [0.717, 1.165) is 38.9 Å². The van der Waals surface area contributed by atoms with E-state index in [9.17, 15) is 0 Å². The lowest BCUT2D eigenvalue weighted by Crippen LogP contribution is -2.28. The summed E-state index contributed by atoms with van der Waals surface area (Å²) in [4.78, 5) is 15.5. The first kappa shape index (κ1) is 36.5. The number of hydrogen-bond acceptors (Lipinski definition) is 6. The highest BCUT2D eigenvalue weighted by Gasteiger charge is 2.47. The molecule has 0 radical (unpaired) electrons. The quantitative estimate of drug-likeness (QED) is 0.167. The maximum absolute atomic E-state index is 7.05. The second-order valence-corrected chi connectivity index (χ2v) is 17.3. The van der Waals surface area contributed by atoms with Gasteiger partial charge in [-0.15, -0.1) is 11.3 Å². The number of para-hydroxylation sites is 1. The molecule has 300 valence electrons. The van der Waals surface area contributed by atoms with Crippen LogP contribution in [0.4, 0.5) is 0 Å². The molecule has 11 aromatic rings. The Bertz CT molecular complexity index is 3590. The van der Waals surface area contributed by atoms with Gasteiger partial charge in [-0.3, -0.25) is 0 Å². The van der Waals surface area contributed by atoms with E-state index >= 15 is 0 Å². The SMILES string of the molecule is c1ccc(-c2nc(-c3ccc4c(c3)sc3ccccc34)nc(-c3ccccc3-c3cccc4c3Oc3cc5c(cc3O4)C(c3ccccc3)(c3ccccc3)c3ccccc3-5)n2)cc1. The molecule has 5 nitrogen and oxygen atoms in total. The summed E-state index contributed by atoms with van der Waals surface area (Å²) in [5, 5.41) is 2.48. The average molecular weight is 838 g/mol. The zero-order valence-electron chi connectivity index (χ0n) is 34.3. The summed E-state index contributed by atoms with van der Waals surface area (Å²) in [6.07, 6.45) is 0. The topological polar surface area (TPSA) is 57.1 Å². The molecule has 0 saturated heterocycles. The number of rotatable bonds is 6. The third-order valence-corrected chi connectivity index (χ3v) is 13.8. The van der Waals surface area contributed by atoms with Gasteiger partial charge in [-0.25, -0.2) is 15.0 Å². The number of benzene rings is 9. The summed E-state index contributed by atoms with van der Waals surface area (Å²) < 4.78 is 16.4. The normalized spacial score (nSPS) is 13.1. The zero-order valence-corrected chi connectivity index (χ0v) is 35.1. The summed E-state index contributed by atoms with van der Waals surface area (Å²) >= 11 is 1.78. The molecule has 2 aliphatic rings. The van der Waals surface area contributed by atoms with Crippen LogP contribution in [0.5, 0.6) is 23.0 Å². The van der Waals surface area contributed by atoms with Crippen molar-refractivity contribution >= 4 is 31.5 Å². The van der Waals surface area contributed by atoms with E-state index in [-0.39, 0.29) is 0 Å². The molecule has 0 spiro atoms. The van der Waals surface area contributed by atoms with Crippen molar-refractivity contribution in [3.05, 3.63) is 235 Å². The van der Waals surface area contributed by atoms with Crippen LogP contribution in [0.3, 0.4) is 0 Å². The minimum atomic E-state index is -0.556. The monoisotopic (exact) mass is 837 g/mol. The number of ether oxygens (including phenoxy) is 2. The number of fused-ring (bicyclic) bond motifs is 8. The van der Waals surface area contributed by atoms with E-state index in [1.807, 2.05) is 54.6 Å². The molecule has 0 amide bonds. The predicted octanol–water partition coefficient (Wildman–Crippen LogP) is 15.2. The Hall–Kier alpha value is -8.19. The molecule has 9 aromatic carbocycles. The van der Waals surface area contributed by atoms with Gasteiger partial charge in [-0.1, -0.05) is 182 Å². The Morgan fingerprint density at radius 2 is 0.938 bits per heavy atom. The number of hydrogen-bond donors (Lipinski definition) is 0. The minimum Gasteiger partial charge on any atom is -0.449 e. The second-order valence-electron chi connectivity index (χ2n) is 16.2. The summed E-state index contributed by atoms with van der Waals surface area (Å²) in [6, 6.07) is 74.2. The van der Waals surface area contributed by atoms with E-state index in [1.165, 1.54) is 42.4 Å². The maximum atomic E-state index is 7.05. The molecule has 0 unspecified atom stereocenters. The maximum Gasteiger partial charge on any atom is 0.177 e. The standard InChI is InChI=1S/C58H35N3O2S/c1-4-17-36(18-5-1)55-59-56(37-31-32-43-42-25-13-15-30-52(42)64-53(43)33-37)61-57(60-55)45-26-11-10-23-40(45)44-27-16-29-49-54(44)63-50-34-46-41-24-12-14-28-47(41)58(38-19-6-2-7-20-38,39-21-8-3-9-22-39)48(46)35-51(50)62-49/h1-35H. The first-order valence-corrected chi connectivity index (χ1v) is 22.2. The van der Waals surface area contributed by atoms with Crippen LogP contribution in [0.1, 0.15) is 22.3 Å². The van der Waals surface area contributed by atoms with Crippen LogP contribution in [-0.4, -0.2) is 15.0 Å². The molecule has 1 aliphatic heterocycles. The van der Waals surface area contributed by atoms with Crippen molar-refractivity contribution in [2.45, 2.75) is 5.41 Å². The van der Waals surface area contributed by atoms with Crippen LogP contribution in [0.2, 0.25) is 0 Å². The van der Waals surface area contributed by atoms with Gasteiger partial charge in [0.1, 0.15) is 0 Å². The largest absolute Gasteiger partial charge is 0.449 e. The van der Waals surface area contributed by atoms with Crippen molar-refractivity contribution < 1.29 is 9.47 Å². The summed E-state index contributed by atoms with van der Waals surface area (Å²) in [5.74, 6) is 4.39. The molecular weight excluding hydrogens is 803 g/mol. The molecule has 0 fully saturated rings. The Morgan fingerprint density at radius 3 is 1.72 bits per heavy atom. The van der Waals surface area contributed by atoms with Crippen LogP contribution in [-0.2, 0) is 5.41 Å². The Kier molecular flexibility index (Phi) is 8.23. The smallest absolute Gasteiger partial charge is 0.177 e. The van der Waals surface area contributed by atoms with Crippen molar-refractivity contribution in [1.82, 2.24) is 15.0 Å². The zero-order chi connectivity index (χ0) is 42.2. The van der Waals surface area contributed by atoms with E-state index in [1.54, 1.807) is 11.3 Å². The van der Waals surface area contributed by atoms with Gasteiger partial charge in [0.15, 0.2) is 40.5 Å². The fraction of sp³-hybridized carbons (Fsp3) is 0.0172. The molecular formula is C58H35N3O2S. The van der Waals surface area contributed by atoms with E-state index in [0.29, 0.717) is 40.5 Å². The molecule has 0 atom stereocenters. The molecule has 64 heavy (non-hydrogen) atoms. The van der Waals surface area contributed by atoms with Gasteiger partial charge in [-0.2, -0.15) is 0 Å². The lowest BCUT2D eigenvalue weighted by Gasteiger charge is -2.34. The van der Waals surface area contributed by atoms with Gasteiger partial charge in [0, 0.05) is 42.4 Å². The van der Waals surface area contributed by atoms with Gasteiger partial charge in [0.25, 0.3) is 0 Å². The number of thiophene rings is 1. The van der Waals surface area contributed by atoms with Crippen LogP contribution in [0, 0.1) is 0 Å². The highest BCUT2D eigenvalue weighted by Crippen LogP contribution is 2.60. The first-order valence-electron chi connectivity index (χ1n) is 21.4. The molecule has 0 N–H and O–H groups in total. The summed E-state index contributed by atoms with van der Waals surface area (Å²) in [7, 11) is 0. The third kappa shape index (κ3) is 5.59. The lowest BCUT2D eigenvalue weighted by atomic mass is 9.67.